The van der Waals surface area contributed by atoms with E-state index in [4.69, 9.17) is 14.2 Å². The molecule has 0 aliphatic carbocycles. The number of aryl methyl sites for hydroxylation is 4. The van der Waals surface area contributed by atoms with Crippen LogP contribution in [0.4, 0.5) is 71.4 Å². The number of ether oxygens (including phenoxy) is 3. The van der Waals surface area contributed by atoms with Crippen LogP contribution < -0.4 is 30.2 Å². The lowest BCUT2D eigenvalue weighted by Crippen LogP contribution is -2.18. The van der Waals surface area contributed by atoms with Crippen LogP contribution in [0, 0.1) is 0 Å². The van der Waals surface area contributed by atoms with Gasteiger partial charge in [0, 0.05) is 105 Å². The Labute approximate surface area is 542 Å². The maximum Gasteiger partial charge on any atom is 0.433 e. The van der Waals surface area contributed by atoms with Crippen molar-refractivity contribution in [1.29, 1.82) is 0 Å². The Bertz CT molecular complexity index is 4940. The van der Waals surface area contributed by atoms with Gasteiger partial charge in [-0.1, -0.05) is 14.4 Å². The van der Waals surface area contributed by atoms with E-state index in [1.54, 1.807) is 84.9 Å². The van der Waals surface area contributed by atoms with E-state index in [0.29, 0.717) is 81.5 Å². The Morgan fingerprint density at radius 3 is 1.16 bits per heavy atom. The van der Waals surface area contributed by atoms with E-state index in [-0.39, 0.29) is 42.2 Å². The molecule has 9 aromatic heterocycles. The van der Waals surface area contributed by atoms with E-state index in [2.05, 4.69) is 61.2 Å². The monoisotopic (exact) mass is 1350 g/mol. The highest BCUT2D eigenvalue weighted by atomic mass is 19.4. The van der Waals surface area contributed by atoms with Crippen molar-refractivity contribution in [3.05, 3.63) is 181 Å². The Kier molecular flexibility index (Phi) is 20.0. The van der Waals surface area contributed by atoms with Gasteiger partial charge < -0.3 is 14.2 Å². The number of amides is 3. The molecular formula is C62H55F9N19O7+. The summed E-state index contributed by atoms with van der Waals surface area (Å²) < 4.78 is 141. The van der Waals surface area contributed by atoms with Gasteiger partial charge in [-0.05, 0) is 79.2 Å². The largest absolute Gasteiger partial charge is 0.439 e. The van der Waals surface area contributed by atoms with Crippen molar-refractivity contribution in [2.24, 2.45) is 21.1 Å². The number of fused-ring (bicyclic) bond motifs is 3. The summed E-state index contributed by atoms with van der Waals surface area (Å²) in [4.78, 5) is 73.5. The zero-order chi connectivity index (χ0) is 69.0. The van der Waals surface area contributed by atoms with Crippen molar-refractivity contribution in [2.45, 2.75) is 46.2 Å². The molecule has 97 heavy (non-hydrogen) atoms. The fourth-order valence-corrected chi connectivity index (χ4v) is 9.29. The topological polar surface area (TPSA) is 281 Å². The van der Waals surface area contributed by atoms with Crippen LogP contribution in [0.25, 0.3) is 32.7 Å². The van der Waals surface area contributed by atoms with Gasteiger partial charge in [0.1, 0.15) is 78.8 Å². The average molecular weight is 1350 g/mol. The Balaban J connectivity index is 0.000000170. The van der Waals surface area contributed by atoms with Gasteiger partial charge in [-0.3, -0.25) is 48.5 Å². The Hall–Kier alpha value is -12.3. The molecule has 0 saturated heterocycles. The van der Waals surface area contributed by atoms with Gasteiger partial charge in [0.25, 0.3) is 0 Å². The highest BCUT2D eigenvalue weighted by Gasteiger charge is 2.37. The minimum atomic E-state index is -4.59. The molecule has 0 bridgehead atoms. The molecule has 9 heterocycles. The number of nitrogens with one attached hydrogen (secondary N) is 3. The first-order valence-electron chi connectivity index (χ1n) is 28.1. The first-order chi connectivity index (χ1) is 45.5. The second-order valence-electron chi connectivity index (χ2n) is 20.8. The SMILES string of the molecule is C.CC(=O)c1cc(Oc2ccc3c(ccn3C(=O)Nc3cc(C(F)(F)F)n(C)n3)c2)ncn1.CCc1cc(Oc2ccc3c(ccn3C(=O)Nc3cc(C(F)(F)F)n(C)n3)c2)ncn1.Cn1nc(NC(=O)n2ccc3cc(Oc4cc(C=[N+](C)C)ncn4)ccc32)cc1C(F)(F)F. The summed E-state index contributed by atoms with van der Waals surface area (Å²) in [6.45, 7) is 3.35. The summed E-state index contributed by atoms with van der Waals surface area (Å²) in [6.07, 6.45) is -2.64. The number of carbonyl (C=O) groups is 4. The molecule has 0 atom stereocenters. The zero-order valence-corrected chi connectivity index (χ0v) is 51.1. The van der Waals surface area contributed by atoms with Crippen molar-refractivity contribution in [2.75, 3.05) is 30.0 Å². The molecule has 0 radical (unpaired) electrons. The van der Waals surface area contributed by atoms with Crippen LogP contribution in [-0.2, 0) is 46.1 Å². The van der Waals surface area contributed by atoms with Crippen molar-refractivity contribution in [3.8, 4) is 34.9 Å². The molecule has 26 nitrogen and oxygen atoms in total. The van der Waals surface area contributed by atoms with E-state index in [1.165, 1.54) is 64.3 Å². The number of ketones is 1. The fraction of sp³-hybridized carbons (Fsp3) is 0.194. The quantitative estimate of drug-likeness (QED) is 0.0443. The normalized spacial score (nSPS) is 11.4. The molecule has 3 amide bonds. The highest BCUT2D eigenvalue weighted by Crippen LogP contribution is 2.35. The van der Waals surface area contributed by atoms with Gasteiger partial charge in [-0.15, -0.1) is 0 Å². The molecule has 35 heteroatoms. The second-order valence-corrected chi connectivity index (χ2v) is 20.8. The standard InChI is InChI=1S/C21H18F3N7O2.C20H15F3N6O3.C20H17F3N6O2.CH4/c1-29(2)11-14-9-19(26-12-25-14)33-15-4-5-16-13(8-15)6-7-31(16)20(32)27-18-10-17(21(22,23)24)30(3)28-18;1-11(30)14-8-18(25-10-24-14)32-13-3-4-15-12(7-13)5-6-29(15)19(31)26-17-9-16(20(21,22)23)28(2)27-17;1-3-13-9-18(25-11-24-13)31-14-4-5-15-12(8-14)6-7-29(15)19(30)26-17-10-16(20(21,22)23)28(2)27-17;/h4-12H,1-3H3;3-10H,1-2H3,(H,26,27,31);4-11H,3H2,1-2H3,(H,26,27,30);1H4/p+1. The maximum absolute atomic E-state index is 13.0. The minimum absolute atomic E-state index is 0. The molecular weight excluding hydrogens is 1290 g/mol. The Morgan fingerprint density at radius 2 is 0.825 bits per heavy atom. The molecule has 0 saturated carbocycles. The summed E-state index contributed by atoms with van der Waals surface area (Å²) >= 11 is 0. The third kappa shape index (κ3) is 16.5. The molecule has 0 aliphatic heterocycles. The summed E-state index contributed by atoms with van der Waals surface area (Å²) in [5.74, 6) is 1.50. The van der Waals surface area contributed by atoms with Crippen LogP contribution in [0.3, 0.4) is 0 Å². The predicted octanol–water partition coefficient (Wildman–Crippen LogP) is 13.3. The van der Waals surface area contributed by atoms with Crippen LogP contribution in [0.1, 0.15) is 60.2 Å². The van der Waals surface area contributed by atoms with E-state index >= 15 is 0 Å². The zero-order valence-electron chi connectivity index (χ0n) is 51.1. The van der Waals surface area contributed by atoms with E-state index in [9.17, 15) is 58.7 Å². The molecule has 12 aromatic rings. The second kappa shape index (κ2) is 28.1. The number of benzene rings is 3. The van der Waals surface area contributed by atoms with Crippen molar-refractivity contribution in [3.63, 3.8) is 0 Å². The predicted molar refractivity (Wildman–Crippen MR) is 333 cm³/mol. The van der Waals surface area contributed by atoms with Crippen LogP contribution in [0.5, 0.6) is 34.9 Å². The number of halogens is 9. The molecule has 12 rings (SSSR count). The van der Waals surface area contributed by atoms with E-state index in [1.807, 2.05) is 31.8 Å². The van der Waals surface area contributed by atoms with E-state index in [0.717, 1.165) is 51.5 Å². The van der Waals surface area contributed by atoms with Gasteiger partial charge in [0.05, 0.1) is 16.6 Å². The van der Waals surface area contributed by atoms with Crippen molar-refractivity contribution >= 4 is 80.3 Å². The van der Waals surface area contributed by atoms with Crippen LogP contribution >= 0.6 is 0 Å². The first-order valence-corrected chi connectivity index (χ1v) is 28.1. The van der Waals surface area contributed by atoms with Gasteiger partial charge in [0.2, 0.25) is 17.6 Å². The summed E-state index contributed by atoms with van der Waals surface area (Å²) in [6, 6.07) is 25.2. The lowest BCUT2D eigenvalue weighted by Gasteiger charge is -2.07. The van der Waals surface area contributed by atoms with Crippen molar-refractivity contribution < 1.29 is 77.5 Å². The van der Waals surface area contributed by atoms with Crippen molar-refractivity contribution in [1.82, 2.24) is 72.9 Å². The molecule has 0 unspecified atom stereocenters. The summed E-state index contributed by atoms with van der Waals surface area (Å²) in [7, 11) is 7.21. The van der Waals surface area contributed by atoms with E-state index < -0.39 is 53.7 Å². The number of carbonyl (C=O) groups excluding carboxylic acids is 4. The number of rotatable bonds is 12. The van der Waals surface area contributed by atoms with Gasteiger partial charge >= 0.3 is 36.6 Å². The number of nitrogens with zero attached hydrogens (tertiary/aromatic N) is 16. The molecule has 0 aliphatic rings. The molecule has 3 aromatic carbocycles. The average Bonchev–Trinajstić information content (AvgIpc) is 1.68. The number of Topliss-reactive ketones (excluding diaryl/α,β-unsaturated/α-hetero) is 1. The summed E-state index contributed by atoms with van der Waals surface area (Å²) in [5.41, 5.74) is 0.408. The number of aromatic nitrogens is 15. The molecule has 502 valence electrons. The Morgan fingerprint density at radius 1 is 0.474 bits per heavy atom. The first kappa shape index (κ1) is 69.0. The lowest BCUT2D eigenvalue weighted by molar-refractivity contribution is -0.458. The fourth-order valence-electron chi connectivity index (χ4n) is 9.29. The van der Waals surface area contributed by atoms with Gasteiger partial charge in [-0.2, -0.15) is 54.8 Å². The smallest absolute Gasteiger partial charge is 0.433 e. The summed E-state index contributed by atoms with van der Waals surface area (Å²) in [5, 5.41) is 20.2. The number of alkyl halides is 9. The number of anilines is 3. The number of hydrogen-bond donors (Lipinski definition) is 3. The van der Waals surface area contributed by atoms with Gasteiger partial charge in [0.15, 0.2) is 29.5 Å². The minimum Gasteiger partial charge on any atom is -0.439 e. The highest BCUT2D eigenvalue weighted by molar-refractivity contribution is 6.00. The lowest BCUT2D eigenvalue weighted by atomic mass is 10.2. The van der Waals surface area contributed by atoms with Gasteiger partial charge in [-0.25, -0.2) is 48.9 Å². The molecule has 3 N–H and O–H groups in total. The molecule has 0 spiro atoms. The molecule has 0 fully saturated rings. The third-order valence-corrected chi connectivity index (χ3v) is 13.6. The number of hydrogen-bond acceptors (Lipinski definition) is 16. The maximum atomic E-state index is 13.0. The van der Waals surface area contributed by atoms with Crippen LogP contribution in [0.15, 0.2) is 147 Å². The van der Waals surface area contributed by atoms with Crippen LogP contribution in [-0.4, -0.2) is 122 Å². The third-order valence-electron chi connectivity index (χ3n) is 13.6. The van der Waals surface area contributed by atoms with Crippen LogP contribution in [0.2, 0.25) is 0 Å².